The molecule has 1 atom stereocenters. The first-order chi connectivity index (χ1) is 26.2. The zero-order valence-electron chi connectivity index (χ0n) is 28.6. The zero-order valence-corrected chi connectivity index (χ0v) is 30.4. The number of aromatic nitrogens is 2. The van der Waals surface area contributed by atoms with Crippen LogP contribution in [0, 0.1) is 0 Å². The summed E-state index contributed by atoms with van der Waals surface area (Å²) in [5, 5.41) is 7.50. The minimum atomic E-state index is -3.00. The standard InChI is InChI=1S/C47H32FN3SSi/c48-47(33-15-13-14-32(28-33)39-21-9-11-26-49-39)34-24-25-44-40(29-34)51(46-23-10-12-27-50-46)41-30-38-37-20-7-8-22-42(37)52-43(38)31-45(41)53(44,35-16-3-1-4-17-35)36-18-5-2-6-19-36/h1-31,47H. The van der Waals surface area contributed by atoms with Crippen LogP contribution in [0.25, 0.3) is 31.4 Å². The van der Waals surface area contributed by atoms with Crippen molar-refractivity contribution in [2.45, 2.75) is 6.17 Å². The average Bonchev–Trinajstić information content (AvgIpc) is 3.60. The van der Waals surface area contributed by atoms with Gasteiger partial charge in [0.15, 0.2) is 14.2 Å². The Balaban J connectivity index is 1.28. The van der Waals surface area contributed by atoms with Crippen LogP contribution in [0.1, 0.15) is 17.3 Å². The summed E-state index contributed by atoms with van der Waals surface area (Å²) in [5.41, 5.74) is 4.93. The fraction of sp³-hybridized carbons (Fsp3) is 0.0213. The van der Waals surface area contributed by atoms with Crippen LogP contribution in [0.4, 0.5) is 21.6 Å². The Hall–Kier alpha value is -6.21. The van der Waals surface area contributed by atoms with Crippen LogP contribution in [0.3, 0.4) is 0 Å². The Bertz CT molecular complexity index is 2720. The van der Waals surface area contributed by atoms with Crippen LogP contribution in [0.5, 0.6) is 0 Å². The fourth-order valence-electron chi connectivity index (χ4n) is 8.21. The molecule has 4 heterocycles. The molecule has 252 valence electrons. The predicted octanol–water partition coefficient (Wildman–Crippen LogP) is 9.73. The molecule has 0 spiro atoms. The van der Waals surface area contributed by atoms with E-state index in [4.69, 9.17) is 4.98 Å². The molecule has 6 aromatic carbocycles. The third-order valence-corrected chi connectivity index (χ3v) is 16.5. The Kier molecular flexibility index (Phi) is 7.60. The topological polar surface area (TPSA) is 29.0 Å². The highest BCUT2D eigenvalue weighted by Gasteiger charge is 2.49. The number of thiophene rings is 1. The summed E-state index contributed by atoms with van der Waals surface area (Å²) >= 11 is 1.84. The molecule has 3 aromatic heterocycles. The molecule has 0 saturated carbocycles. The maximum atomic E-state index is 17.1. The maximum absolute atomic E-state index is 17.1. The molecule has 9 aromatic rings. The van der Waals surface area contributed by atoms with E-state index in [0.717, 1.165) is 28.5 Å². The van der Waals surface area contributed by atoms with Crippen molar-refractivity contribution in [3.05, 3.63) is 199 Å². The summed E-state index contributed by atoms with van der Waals surface area (Å²) < 4.78 is 19.6. The van der Waals surface area contributed by atoms with Crippen LogP contribution in [-0.2, 0) is 0 Å². The minimum Gasteiger partial charge on any atom is -0.295 e. The van der Waals surface area contributed by atoms with Gasteiger partial charge in [0.2, 0.25) is 0 Å². The third-order valence-electron chi connectivity index (χ3n) is 10.5. The van der Waals surface area contributed by atoms with E-state index in [2.05, 4.69) is 125 Å². The lowest BCUT2D eigenvalue weighted by molar-refractivity contribution is 0.402. The summed E-state index contributed by atoms with van der Waals surface area (Å²) in [7, 11) is -3.00. The SMILES string of the molecule is FC(c1cccc(-c2ccccn2)c1)c1ccc2c(c1)N(c1ccccn1)c1cc3c(cc1[Si]2(c1ccccc1)c1ccccc1)sc1ccccc13. The van der Waals surface area contributed by atoms with E-state index >= 15 is 4.39 Å². The smallest absolute Gasteiger partial charge is 0.184 e. The van der Waals surface area contributed by atoms with E-state index in [-0.39, 0.29) is 0 Å². The van der Waals surface area contributed by atoms with E-state index in [1.54, 1.807) is 6.20 Å². The minimum absolute atomic E-state index is 0.592. The molecule has 0 amide bonds. The lowest BCUT2D eigenvalue weighted by atomic mass is 9.99. The first-order valence-electron chi connectivity index (χ1n) is 17.8. The third kappa shape index (κ3) is 5.05. The molecule has 6 heteroatoms. The second-order valence-electron chi connectivity index (χ2n) is 13.4. The number of alkyl halides is 1. The van der Waals surface area contributed by atoms with Gasteiger partial charge in [-0.1, -0.05) is 121 Å². The van der Waals surface area contributed by atoms with Crippen molar-refractivity contribution >= 4 is 77.5 Å². The molecule has 0 radical (unpaired) electrons. The number of hydrogen-bond acceptors (Lipinski definition) is 4. The Labute approximate surface area is 312 Å². The number of pyridine rings is 2. The highest BCUT2D eigenvalue weighted by molar-refractivity contribution is 7.26. The van der Waals surface area contributed by atoms with E-state index in [0.29, 0.717) is 11.1 Å². The molecule has 1 aliphatic heterocycles. The monoisotopic (exact) mass is 717 g/mol. The fourth-order valence-corrected chi connectivity index (χ4v) is 14.5. The van der Waals surface area contributed by atoms with Gasteiger partial charge in [0.1, 0.15) is 5.82 Å². The van der Waals surface area contributed by atoms with Crippen LogP contribution < -0.4 is 25.6 Å². The number of hydrogen-bond donors (Lipinski definition) is 0. The molecule has 53 heavy (non-hydrogen) atoms. The van der Waals surface area contributed by atoms with Gasteiger partial charge in [-0.05, 0) is 86.5 Å². The van der Waals surface area contributed by atoms with Gasteiger partial charge in [0.05, 0.1) is 5.69 Å². The maximum Gasteiger partial charge on any atom is 0.184 e. The number of anilines is 3. The summed E-state index contributed by atoms with van der Waals surface area (Å²) in [6, 6.07) is 61.2. The van der Waals surface area contributed by atoms with Gasteiger partial charge in [0, 0.05) is 49.5 Å². The summed E-state index contributed by atoms with van der Waals surface area (Å²) in [5.74, 6) is 0.794. The quantitative estimate of drug-likeness (QED) is 0.161. The molecule has 1 aliphatic rings. The molecule has 1 unspecified atom stereocenters. The van der Waals surface area contributed by atoms with Gasteiger partial charge in [-0.3, -0.25) is 9.88 Å². The Morgan fingerprint density at radius 3 is 1.92 bits per heavy atom. The normalized spacial score (nSPS) is 13.8. The number of halogens is 1. The molecule has 10 rings (SSSR count). The second-order valence-corrected chi connectivity index (χ2v) is 18.3. The summed E-state index contributed by atoms with van der Waals surface area (Å²) in [6.07, 6.45) is 2.25. The van der Waals surface area contributed by atoms with E-state index in [1.165, 1.54) is 40.9 Å². The van der Waals surface area contributed by atoms with Crippen LogP contribution in [0.15, 0.2) is 188 Å². The first-order valence-corrected chi connectivity index (χ1v) is 20.6. The summed E-state index contributed by atoms with van der Waals surface area (Å²) in [4.78, 5) is 11.7. The van der Waals surface area contributed by atoms with Crippen LogP contribution in [0.2, 0.25) is 0 Å². The van der Waals surface area contributed by atoms with Gasteiger partial charge in [0.25, 0.3) is 0 Å². The number of benzene rings is 6. The number of nitrogens with zero attached hydrogens (tertiary/aromatic N) is 3. The van der Waals surface area contributed by atoms with E-state index in [1.807, 2.05) is 78.2 Å². The largest absolute Gasteiger partial charge is 0.295 e. The average molecular weight is 718 g/mol. The van der Waals surface area contributed by atoms with E-state index in [9.17, 15) is 0 Å². The zero-order chi connectivity index (χ0) is 35.4. The van der Waals surface area contributed by atoms with Crippen LogP contribution >= 0.6 is 11.3 Å². The van der Waals surface area contributed by atoms with E-state index < -0.39 is 14.2 Å². The Morgan fingerprint density at radius 2 is 1.19 bits per heavy atom. The lowest BCUT2D eigenvalue weighted by Crippen LogP contribution is -2.77. The predicted molar refractivity (Wildman–Crippen MR) is 222 cm³/mol. The molecule has 0 bridgehead atoms. The van der Waals surface area contributed by atoms with Crippen molar-refractivity contribution in [3.63, 3.8) is 0 Å². The van der Waals surface area contributed by atoms with Crippen molar-refractivity contribution in [2.24, 2.45) is 0 Å². The van der Waals surface area contributed by atoms with Crippen molar-refractivity contribution in [1.82, 2.24) is 9.97 Å². The second kappa shape index (κ2) is 12.8. The Morgan fingerprint density at radius 1 is 0.509 bits per heavy atom. The number of fused-ring (bicyclic) bond motifs is 5. The van der Waals surface area contributed by atoms with Crippen molar-refractivity contribution in [2.75, 3.05) is 4.90 Å². The highest BCUT2D eigenvalue weighted by Crippen LogP contribution is 2.43. The van der Waals surface area contributed by atoms with Crippen molar-refractivity contribution in [3.8, 4) is 11.3 Å². The molecule has 0 saturated heterocycles. The van der Waals surface area contributed by atoms with Crippen molar-refractivity contribution in [1.29, 1.82) is 0 Å². The van der Waals surface area contributed by atoms with Crippen LogP contribution in [-0.4, -0.2) is 18.0 Å². The molecule has 0 aliphatic carbocycles. The number of rotatable bonds is 6. The first kappa shape index (κ1) is 31.5. The molecule has 3 nitrogen and oxygen atoms in total. The van der Waals surface area contributed by atoms with Gasteiger partial charge in [-0.25, -0.2) is 9.37 Å². The lowest BCUT2D eigenvalue weighted by Gasteiger charge is -2.45. The molecule has 0 fully saturated rings. The summed E-state index contributed by atoms with van der Waals surface area (Å²) in [6.45, 7) is 0. The highest BCUT2D eigenvalue weighted by atomic mass is 32.1. The molecular formula is C47H32FN3SSi. The van der Waals surface area contributed by atoms with Crippen molar-refractivity contribution < 1.29 is 4.39 Å². The molecular weight excluding hydrogens is 686 g/mol. The molecule has 0 N–H and O–H groups in total. The van der Waals surface area contributed by atoms with Gasteiger partial charge in [-0.15, -0.1) is 11.3 Å². The van der Waals surface area contributed by atoms with Gasteiger partial charge in [-0.2, -0.15) is 0 Å². The van der Waals surface area contributed by atoms with Gasteiger partial charge < -0.3 is 0 Å². The van der Waals surface area contributed by atoms with Gasteiger partial charge >= 0.3 is 0 Å².